The average molecular weight is 318 g/mol. The largest absolute Gasteiger partial charge is 0.368 e. The van der Waals surface area contributed by atoms with Gasteiger partial charge in [0, 0.05) is 25.3 Å². The van der Waals surface area contributed by atoms with Crippen LogP contribution in [-0.4, -0.2) is 35.5 Å². The van der Waals surface area contributed by atoms with Crippen LogP contribution in [0.1, 0.15) is 6.42 Å². The summed E-state index contributed by atoms with van der Waals surface area (Å²) in [5.74, 6) is 0.687. The summed E-state index contributed by atoms with van der Waals surface area (Å²) in [6, 6.07) is 11.0. The standard InChI is InChI=1S/C15H16ClN5O/c1-20(13-9-12(16)18-15(17)19-13)11-7-8-21(14(11)22)10-5-3-2-4-6-10/h2-6,9,11H,7-8H2,1H3,(H2,17,18,19)/t11-/m1/s1. The van der Waals surface area contributed by atoms with Gasteiger partial charge in [0.25, 0.3) is 0 Å². The van der Waals surface area contributed by atoms with Gasteiger partial charge in [0.05, 0.1) is 0 Å². The summed E-state index contributed by atoms with van der Waals surface area (Å²) in [6.07, 6.45) is 0.714. The lowest BCUT2D eigenvalue weighted by Crippen LogP contribution is -2.40. The Balaban J connectivity index is 1.83. The van der Waals surface area contributed by atoms with Gasteiger partial charge in [-0.15, -0.1) is 0 Å². The van der Waals surface area contributed by atoms with Crippen LogP contribution >= 0.6 is 11.6 Å². The highest BCUT2D eigenvalue weighted by Gasteiger charge is 2.36. The summed E-state index contributed by atoms with van der Waals surface area (Å²) in [4.78, 5) is 24.2. The molecule has 2 aromatic rings. The monoisotopic (exact) mass is 317 g/mol. The van der Waals surface area contributed by atoms with Gasteiger partial charge >= 0.3 is 0 Å². The number of aromatic nitrogens is 2. The van der Waals surface area contributed by atoms with Gasteiger partial charge in [-0.2, -0.15) is 4.98 Å². The van der Waals surface area contributed by atoms with Crippen LogP contribution in [0.3, 0.4) is 0 Å². The molecule has 0 saturated carbocycles. The van der Waals surface area contributed by atoms with Crippen molar-refractivity contribution in [3.63, 3.8) is 0 Å². The van der Waals surface area contributed by atoms with E-state index in [0.29, 0.717) is 18.8 Å². The van der Waals surface area contributed by atoms with E-state index in [0.717, 1.165) is 5.69 Å². The fourth-order valence-electron chi connectivity index (χ4n) is 2.65. The first-order valence-corrected chi connectivity index (χ1v) is 7.33. The van der Waals surface area contributed by atoms with Crippen LogP contribution in [-0.2, 0) is 4.79 Å². The van der Waals surface area contributed by atoms with Gasteiger partial charge in [0.2, 0.25) is 11.9 Å². The minimum absolute atomic E-state index is 0.0435. The fraction of sp³-hybridized carbons (Fsp3) is 0.267. The van der Waals surface area contributed by atoms with Gasteiger partial charge in [0.1, 0.15) is 17.0 Å². The molecule has 2 heterocycles. The van der Waals surface area contributed by atoms with Crippen molar-refractivity contribution in [2.24, 2.45) is 0 Å². The van der Waals surface area contributed by atoms with Crippen molar-refractivity contribution in [1.29, 1.82) is 0 Å². The average Bonchev–Trinajstić information content (AvgIpc) is 2.88. The Morgan fingerprint density at radius 1 is 1.32 bits per heavy atom. The normalized spacial score (nSPS) is 17.8. The number of anilines is 3. The molecule has 1 amide bonds. The summed E-state index contributed by atoms with van der Waals surface area (Å²) < 4.78 is 0. The molecule has 0 unspecified atom stereocenters. The van der Waals surface area contributed by atoms with Gasteiger partial charge in [-0.1, -0.05) is 29.8 Å². The lowest BCUT2D eigenvalue weighted by atomic mass is 10.2. The molecule has 22 heavy (non-hydrogen) atoms. The van der Waals surface area contributed by atoms with Gasteiger partial charge in [-0.3, -0.25) is 4.79 Å². The maximum absolute atomic E-state index is 12.7. The zero-order valence-electron chi connectivity index (χ0n) is 12.1. The highest BCUT2D eigenvalue weighted by molar-refractivity contribution is 6.29. The van der Waals surface area contributed by atoms with E-state index in [1.807, 2.05) is 37.4 Å². The van der Waals surface area contributed by atoms with Crippen molar-refractivity contribution in [1.82, 2.24) is 9.97 Å². The van der Waals surface area contributed by atoms with Gasteiger partial charge in [-0.05, 0) is 18.6 Å². The number of likely N-dealkylation sites (N-methyl/N-ethyl adjacent to an activating group) is 1. The molecular weight excluding hydrogens is 302 g/mol. The Hall–Kier alpha value is -2.34. The van der Waals surface area contributed by atoms with Crippen molar-refractivity contribution in [2.45, 2.75) is 12.5 Å². The number of amides is 1. The number of para-hydroxylation sites is 1. The maximum Gasteiger partial charge on any atom is 0.249 e. The number of nitrogens with zero attached hydrogens (tertiary/aromatic N) is 4. The minimum atomic E-state index is -0.287. The molecule has 0 radical (unpaired) electrons. The second-order valence-electron chi connectivity index (χ2n) is 5.15. The second-order valence-corrected chi connectivity index (χ2v) is 5.54. The van der Waals surface area contributed by atoms with Crippen LogP contribution in [0.5, 0.6) is 0 Å². The number of hydrogen-bond acceptors (Lipinski definition) is 5. The second kappa shape index (κ2) is 5.81. The highest BCUT2D eigenvalue weighted by Crippen LogP contribution is 2.26. The first-order chi connectivity index (χ1) is 10.6. The Morgan fingerprint density at radius 3 is 2.73 bits per heavy atom. The van der Waals surface area contributed by atoms with Crippen LogP contribution in [0.2, 0.25) is 5.15 Å². The molecule has 1 fully saturated rings. The zero-order chi connectivity index (χ0) is 15.7. The molecule has 0 spiro atoms. The SMILES string of the molecule is CN(c1cc(Cl)nc(N)n1)[C@@H]1CCN(c2ccccc2)C1=O. The van der Waals surface area contributed by atoms with E-state index < -0.39 is 0 Å². The first kappa shape index (κ1) is 14.6. The first-order valence-electron chi connectivity index (χ1n) is 6.95. The van der Waals surface area contributed by atoms with Crippen LogP contribution in [0.4, 0.5) is 17.5 Å². The van der Waals surface area contributed by atoms with Crippen LogP contribution in [0.15, 0.2) is 36.4 Å². The van der Waals surface area contributed by atoms with Crippen LogP contribution in [0.25, 0.3) is 0 Å². The van der Waals surface area contributed by atoms with Crippen LogP contribution < -0.4 is 15.5 Å². The lowest BCUT2D eigenvalue weighted by molar-refractivity contribution is -0.118. The van der Waals surface area contributed by atoms with E-state index in [-0.39, 0.29) is 23.1 Å². The molecule has 1 aromatic carbocycles. The number of carbonyl (C=O) groups is 1. The topological polar surface area (TPSA) is 75.4 Å². The van der Waals surface area contributed by atoms with Gasteiger partial charge < -0.3 is 15.5 Å². The Labute approximate surface area is 133 Å². The summed E-state index contributed by atoms with van der Waals surface area (Å²) in [5.41, 5.74) is 6.53. The van der Waals surface area contributed by atoms with Crippen molar-refractivity contribution in [3.8, 4) is 0 Å². The molecule has 1 atom stereocenters. The number of rotatable bonds is 3. The van der Waals surface area contributed by atoms with E-state index in [4.69, 9.17) is 17.3 Å². The third-order valence-electron chi connectivity index (χ3n) is 3.77. The fourth-order valence-corrected chi connectivity index (χ4v) is 2.84. The molecule has 114 valence electrons. The molecule has 7 heteroatoms. The Kier molecular flexibility index (Phi) is 3.85. The predicted molar refractivity (Wildman–Crippen MR) is 87.1 cm³/mol. The zero-order valence-corrected chi connectivity index (χ0v) is 12.9. The molecule has 2 N–H and O–H groups in total. The number of benzene rings is 1. The smallest absolute Gasteiger partial charge is 0.249 e. The minimum Gasteiger partial charge on any atom is -0.368 e. The van der Waals surface area contributed by atoms with E-state index in [1.165, 1.54) is 0 Å². The van der Waals surface area contributed by atoms with Gasteiger partial charge in [-0.25, -0.2) is 4.98 Å². The van der Waals surface area contributed by atoms with Crippen LogP contribution in [0, 0.1) is 0 Å². The van der Waals surface area contributed by atoms with E-state index in [1.54, 1.807) is 15.9 Å². The summed E-state index contributed by atoms with van der Waals surface area (Å²) in [7, 11) is 1.81. The number of halogens is 1. The molecule has 3 rings (SSSR count). The Morgan fingerprint density at radius 2 is 2.05 bits per heavy atom. The lowest BCUT2D eigenvalue weighted by Gasteiger charge is -2.25. The summed E-state index contributed by atoms with van der Waals surface area (Å²) >= 11 is 5.91. The van der Waals surface area contributed by atoms with Crippen molar-refractivity contribution in [3.05, 3.63) is 41.6 Å². The van der Waals surface area contributed by atoms with E-state index in [9.17, 15) is 4.79 Å². The molecule has 0 bridgehead atoms. The molecule has 1 aliphatic heterocycles. The number of carbonyl (C=O) groups excluding carboxylic acids is 1. The Bertz CT molecular complexity index is 673. The van der Waals surface area contributed by atoms with Crippen molar-refractivity contribution < 1.29 is 4.79 Å². The maximum atomic E-state index is 12.7. The third-order valence-corrected chi connectivity index (χ3v) is 3.97. The molecule has 1 aromatic heterocycles. The highest BCUT2D eigenvalue weighted by atomic mass is 35.5. The van der Waals surface area contributed by atoms with Gasteiger partial charge in [0.15, 0.2) is 0 Å². The third kappa shape index (κ3) is 2.69. The summed E-state index contributed by atoms with van der Waals surface area (Å²) in [6.45, 7) is 0.673. The molecule has 6 nitrogen and oxygen atoms in total. The number of nitrogen functional groups attached to an aromatic ring is 1. The molecule has 1 aliphatic rings. The summed E-state index contributed by atoms with van der Waals surface area (Å²) in [5, 5.41) is 0.264. The van der Waals surface area contributed by atoms with E-state index >= 15 is 0 Å². The predicted octanol–water partition coefficient (Wildman–Crippen LogP) is 1.95. The van der Waals surface area contributed by atoms with Crippen molar-refractivity contribution in [2.75, 3.05) is 29.1 Å². The molecule has 0 aliphatic carbocycles. The van der Waals surface area contributed by atoms with E-state index in [2.05, 4.69) is 9.97 Å². The van der Waals surface area contributed by atoms with Crippen molar-refractivity contribution >= 4 is 35.0 Å². The molecule has 1 saturated heterocycles. The quantitative estimate of drug-likeness (QED) is 0.876. The number of nitrogens with two attached hydrogens (primary N) is 1. The number of hydrogen-bond donors (Lipinski definition) is 1. The molecular formula is C15H16ClN5O.